The number of nitrogens with zero attached hydrogens (tertiary/aromatic N) is 2. The number of ether oxygens (including phenoxy) is 1. The highest BCUT2D eigenvalue weighted by atomic mass is 79.9. The van der Waals surface area contributed by atoms with Crippen LogP contribution in [0.15, 0.2) is 38.3 Å². The molecular weight excluding hydrogens is 382 g/mol. The molecule has 0 bridgehead atoms. The Labute approximate surface area is 144 Å². The summed E-state index contributed by atoms with van der Waals surface area (Å²) in [6, 6.07) is 6.35. The third kappa shape index (κ3) is 3.30. The molecule has 2 N–H and O–H groups in total. The molecule has 0 saturated heterocycles. The van der Waals surface area contributed by atoms with E-state index in [0.29, 0.717) is 0 Å². The molecule has 0 atom stereocenters. The van der Waals surface area contributed by atoms with Gasteiger partial charge in [-0.3, -0.25) is 18.7 Å². The van der Waals surface area contributed by atoms with Gasteiger partial charge < -0.3 is 10.5 Å². The lowest BCUT2D eigenvalue weighted by atomic mass is 10.2. The van der Waals surface area contributed by atoms with Gasteiger partial charge in [0.05, 0.1) is 5.56 Å². The highest BCUT2D eigenvalue weighted by Gasteiger charge is 2.21. The van der Waals surface area contributed by atoms with Gasteiger partial charge in [0, 0.05) is 18.6 Å². The van der Waals surface area contributed by atoms with Crippen LogP contribution in [0.3, 0.4) is 0 Å². The van der Waals surface area contributed by atoms with Crippen molar-refractivity contribution in [3.63, 3.8) is 0 Å². The van der Waals surface area contributed by atoms with Crippen molar-refractivity contribution in [1.82, 2.24) is 9.13 Å². The number of benzene rings is 1. The van der Waals surface area contributed by atoms with E-state index in [1.807, 2.05) is 0 Å². The van der Waals surface area contributed by atoms with Crippen molar-refractivity contribution in [1.29, 1.82) is 0 Å². The first kappa shape index (κ1) is 17.7. The topological polar surface area (TPSA) is 113 Å². The molecule has 24 heavy (non-hydrogen) atoms. The lowest BCUT2D eigenvalue weighted by Crippen LogP contribution is -2.42. The molecule has 1 heterocycles. The molecule has 0 aliphatic carbocycles. The number of esters is 1. The Kier molecular flexibility index (Phi) is 5.03. The maximum atomic E-state index is 12.2. The Morgan fingerprint density at radius 1 is 1.12 bits per heavy atom. The van der Waals surface area contributed by atoms with Crippen molar-refractivity contribution in [2.45, 2.75) is 0 Å². The lowest BCUT2D eigenvalue weighted by Gasteiger charge is -2.11. The first-order chi connectivity index (χ1) is 11.2. The van der Waals surface area contributed by atoms with Crippen LogP contribution in [0, 0.1) is 0 Å². The third-order valence-electron chi connectivity index (χ3n) is 3.40. The molecule has 0 spiro atoms. The van der Waals surface area contributed by atoms with E-state index in [-0.39, 0.29) is 16.9 Å². The number of anilines is 1. The molecule has 8 nitrogen and oxygen atoms in total. The molecule has 126 valence electrons. The van der Waals surface area contributed by atoms with Crippen LogP contribution in [0.4, 0.5) is 5.82 Å². The standard InChI is InChI=1S/C15H14BrN3O5/c1-18-12(17)11(13(21)19(2)15(18)23)10(20)7-24-14(22)8-3-5-9(16)6-4-8/h3-6H,7,17H2,1-2H3. The van der Waals surface area contributed by atoms with Crippen LogP contribution in [0.25, 0.3) is 0 Å². The zero-order valence-corrected chi connectivity index (χ0v) is 14.5. The maximum absolute atomic E-state index is 12.2. The van der Waals surface area contributed by atoms with Gasteiger partial charge in [0.15, 0.2) is 6.61 Å². The molecule has 1 aromatic carbocycles. The highest BCUT2D eigenvalue weighted by Crippen LogP contribution is 2.12. The molecular formula is C15H14BrN3O5. The lowest BCUT2D eigenvalue weighted by molar-refractivity contribution is 0.0474. The van der Waals surface area contributed by atoms with Crippen LogP contribution in [-0.2, 0) is 18.8 Å². The summed E-state index contributed by atoms with van der Waals surface area (Å²) in [5.41, 5.74) is 4.06. The zero-order valence-electron chi connectivity index (χ0n) is 12.9. The number of Topliss-reactive ketones (excluding diaryl/α,β-unsaturated/α-hetero) is 1. The minimum Gasteiger partial charge on any atom is -0.454 e. The van der Waals surface area contributed by atoms with Crippen molar-refractivity contribution in [2.24, 2.45) is 14.1 Å². The summed E-state index contributed by atoms with van der Waals surface area (Å²) in [6.45, 7) is -0.660. The van der Waals surface area contributed by atoms with Crippen molar-refractivity contribution >= 4 is 33.5 Å². The SMILES string of the molecule is Cn1c(N)c(C(=O)COC(=O)c2ccc(Br)cc2)c(=O)n(C)c1=O. The van der Waals surface area contributed by atoms with Gasteiger partial charge in [-0.1, -0.05) is 15.9 Å². The van der Waals surface area contributed by atoms with Crippen molar-refractivity contribution in [2.75, 3.05) is 12.3 Å². The van der Waals surface area contributed by atoms with E-state index in [9.17, 15) is 19.2 Å². The number of hydrogen-bond acceptors (Lipinski definition) is 6. The fourth-order valence-electron chi connectivity index (χ4n) is 1.99. The normalized spacial score (nSPS) is 10.5. The summed E-state index contributed by atoms with van der Waals surface area (Å²) < 4.78 is 7.44. The first-order valence-corrected chi connectivity index (χ1v) is 7.54. The van der Waals surface area contributed by atoms with Gasteiger partial charge in [-0.25, -0.2) is 9.59 Å². The minimum absolute atomic E-state index is 0.257. The molecule has 0 radical (unpaired) electrons. The quantitative estimate of drug-likeness (QED) is 0.594. The fraction of sp³-hybridized carbons (Fsp3) is 0.200. The fourth-order valence-corrected chi connectivity index (χ4v) is 2.26. The van der Waals surface area contributed by atoms with Crippen LogP contribution in [0.5, 0.6) is 0 Å². The molecule has 0 saturated carbocycles. The summed E-state index contributed by atoms with van der Waals surface area (Å²) in [7, 11) is 2.57. The van der Waals surface area contributed by atoms with Crippen LogP contribution >= 0.6 is 15.9 Å². The number of hydrogen-bond donors (Lipinski definition) is 1. The van der Waals surface area contributed by atoms with Crippen molar-refractivity contribution in [3.8, 4) is 0 Å². The van der Waals surface area contributed by atoms with E-state index in [1.54, 1.807) is 12.1 Å². The smallest absolute Gasteiger partial charge is 0.338 e. The van der Waals surface area contributed by atoms with Crippen LogP contribution in [-0.4, -0.2) is 27.5 Å². The number of nitrogens with two attached hydrogens (primary N) is 1. The Hall–Kier alpha value is -2.68. The second-order valence-electron chi connectivity index (χ2n) is 4.97. The largest absolute Gasteiger partial charge is 0.454 e. The average molecular weight is 396 g/mol. The number of ketones is 1. The van der Waals surface area contributed by atoms with E-state index in [4.69, 9.17) is 10.5 Å². The predicted octanol–water partition coefficient (Wildman–Crippen LogP) is 0.468. The Morgan fingerprint density at radius 2 is 1.71 bits per heavy atom. The molecule has 0 fully saturated rings. The number of halogens is 1. The summed E-state index contributed by atoms with van der Waals surface area (Å²) in [6.07, 6.45) is 0. The zero-order chi connectivity index (χ0) is 18.0. The Morgan fingerprint density at radius 3 is 2.29 bits per heavy atom. The highest BCUT2D eigenvalue weighted by molar-refractivity contribution is 9.10. The molecule has 1 aromatic heterocycles. The molecule has 0 amide bonds. The molecule has 0 aliphatic heterocycles. The van der Waals surface area contributed by atoms with Gasteiger partial charge in [-0.15, -0.1) is 0 Å². The first-order valence-electron chi connectivity index (χ1n) is 6.75. The minimum atomic E-state index is -0.833. The number of rotatable bonds is 4. The van der Waals surface area contributed by atoms with Gasteiger partial charge in [0.2, 0.25) is 5.78 Å². The molecule has 2 aromatic rings. The Bertz CT molecular complexity index is 928. The number of carbonyl (C=O) groups is 2. The van der Waals surface area contributed by atoms with E-state index in [2.05, 4.69) is 15.9 Å². The predicted molar refractivity (Wildman–Crippen MR) is 90.1 cm³/mol. The van der Waals surface area contributed by atoms with Crippen LogP contribution in [0.1, 0.15) is 20.7 Å². The molecule has 9 heteroatoms. The molecule has 0 unspecified atom stereocenters. The van der Waals surface area contributed by atoms with E-state index in [0.717, 1.165) is 13.6 Å². The van der Waals surface area contributed by atoms with Gasteiger partial charge in [-0.05, 0) is 24.3 Å². The molecule has 2 rings (SSSR count). The molecule has 0 aliphatic rings. The van der Waals surface area contributed by atoms with Gasteiger partial charge >= 0.3 is 11.7 Å². The van der Waals surface area contributed by atoms with Crippen molar-refractivity contribution in [3.05, 3.63) is 60.7 Å². The van der Waals surface area contributed by atoms with Crippen molar-refractivity contribution < 1.29 is 14.3 Å². The second kappa shape index (κ2) is 6.83. The van der Waals surface area contributed by atoms with Gasteiger partial charge in [-0.2, -0.15) is 0 Å². The second-order valence-corrected chi connectivity index (χ2v) is 5.89. The number of aromatic nitrogens is 2. The van der Waals surface area contributed by atoms with Crippen LogP contribution in [0.2, 0.25) is 0 Å². The maximum Gasteiger partial charge on any atom is 0.338 e. The monoisotopic (exact) mass is 395 g/mol. The summed E-state index contributed by atoms with van der Waals surface area (Å²) in [5, 5.41) is 0. The number of nitrogen functional groups attached to an aromatic ring is 1. The van der Waals surface area contributed by atoms with E-state index < -0.39 is 29.6 Å². The Balaban J connectivity index is 2.22. The summed E-state index contributed by atoms with van der Waals surface area (Å²) >= 11 is 3.24. The van der Waals surface area contributed by atoms with E-state index in [1.165, 1.54) is 26.2 Å². The van der Waals surface area contributed by atoms with Crippen LogP contribution < -0.4 is 17.0 Å². The number of carbonyl (C=O) groups excluding carboxylic acids is 2. The average Bonchev–Trinajstić information content (AvgIpc) is 2.57. The summed E-state index contributed by atoms with van der Waals surface area (Å²) in [5.74, 6) is -1.77. The summed E-state index contributed by atoms with van der Waals surface area (Å²) in [4.78, 5) is 47.9. The van der Waals surface area contributed by atoms with Gasteiger partial charge in [0.1, 0.15) is 11.4 Å². The van der Waals surface area contributed by atoms with Gasteiger partial charge in [0.25, 0.3) is 5.56 Å². The van der Waals surface area contributed by atoms with E-state index >= 15 is 0 Å². The third-order valence-corrected chi connectivity index (χ3v) is 3.93.